The summed E-state index contributed by atoms with van der Waals surface area (Å²) in [6, 6.07) is 7.57. The Hall–Kier alpha value is -1.60. The van der Waals surface area contributed by atoms with Crippen molar-refractivity contribution in [3.8, 4) is 5.75 Å². The number of amides is 1. The molecule has 1 aromatic carbocycles. The van der Waals surface area contributed by atoms with E-state index in [0.29, 0.717) is 26.1 Å². The highest BCUT2D eigenvalue weighted by Gasteiger charge is 2.33. The largest absolute Gasteiger partial charge is 0.497 e. The maximum atomic E-state index is 12.5. The van der Waals surface area contributed by atoms with Crippen molar-refractivity contribution in [1.82, 2.24) is 9.80 Å². The van der Waals surface area contributed by atoms with E-state index in [1.54, 1.807) is 12.0 Å². The van der Waals surface area contributed by atoms with Crippen molar-refractivity contribution in [3.05, 3.63) is 29.8 Å². The van der Waals surface area contributed by atoms with Gasteiger partial charge in [0.2, 0.25) is 5.91 Å². The number of likely N-dealkylation sites (N-methyl/N-ethyl adjacent to an activating group) is 1. The third-order valence-corrected chi connectivity index (χ3v) is 6.47. The summed E-state index contributed by atoms with van der Waals surface area (Å²) in [5.41, 5.74) is 1.04. The molecule has 1 aliphatic rings. The lowest BCUT2D eigenvalue weighted by Gasteiger charge is -2.30. The van der Waals surface area contributed by atoms with Crippen LogP contribution in [0, 0.1) is 0 Å². The first-order chi connectivity index (χ1) is 11.9. The molecule has 0 saturated carbocycles. The molecule has 0 radical (unpaired) electrons. The molecule has 1 unspecified atom stereocenters. The first-order valence-electron chi connectivity index (χ1n) is 8.73. The summed E-state index contributed by atoms with van der Waals surface area (Å²) >= 11 is 0. The zero-order valence-electron chi connectivity index (χ0n) is 15.3. The molecule has 1 fully saturated rings. The minimum atomic E-state index is -3.00. The van der Waals surface area contributed by atoms with Gasteiger partial charge in [-0.3, -0.25) is 9.69 Å². The minimum Gasteiger partial charge on any atom is -0.497 e. The Balaban J connectivity index is 2.14. The van der Waals surface area contributed by atoms with Crippen molar-refractivity contribution < 1.29 is 17.9 Å². The second kappa shape index (κ2) is 8.67. The summed E-state index contributed by atoms with van der Waals surface area (Å²) < 4.78 is 28.9. The van der Waals surface area contributed by atoms with Gasteiger partial charge in [0.05, 0.1) is 25.2 Å². The number of rotatable bonds is 8. The third kappa shape index (κ3) is 5.44. The summed E-state index contributed by atoms with van der Waals surface area (Å²) in [7, 11) is -1.38. The van der Waals surface area contributed by atoms with Crippen LogP contribution in [0.15, 0.2) is 24.3 Å². The van der Waals surface area contributed by atoms with Crippen molar-refractivity contribution in [2.75, 3.05) is 38.2 Å². The van der Waals surface area contributed by atoms with Gasteiger partial charge in [0.25, 0.3) is 0 Å². The van der Waals surface area contributed by atoms with E-state index in [1.807, 2.05) is 43.0 Å². The van der Waals surface area contributed by atoms with Crippen LogP contribution in [-0.2, 0) is 21.2 Å². The van der Waals surface area contributed by atoms with Crippen molar-refractivity contribution in [3.63, 3.8) is 0 Å². The first kappa shape index (κ1) is 19.7. The molecule has 6 nitrogen and oxygen atoms in total. The molecule has 0 N–H and O–H groups in total. The third-order valence-electron chi connectivity index (χ3n) is 4.72. The summed E-state index contributed by atoms with van der Waals surface area (Å²) in [6.45, 7) is 6.03. The summed E-state index contributed by atoms with van der Waals surface area (Å²) in [6.07, 6.45) is 0.587. The Morgan fingerprint density at radius 2 is 1.84 bits per heavy atom. The number of nitrogens with zero attached hydrogens (tertiary/aromatic N) is 2. The van der Waals surface area contributed by atoms with Gasteiger partial charge in [-0.15, -0.1) is 0 Å². The second-order valence-electron chi connectivity index (χ2n) is 6.38. The molecule has 1 saturated heterocycles. The van der Waals surface area contributed by atoms with E-state index >= 15 is 0 Å². The smallest absolute Gasteiger partial charge is 0.236 e. The number of carbonyl (C=O) groups excluding carboxylic acids is 1. The van der Waals surface area contributed by atoms with Gasteiger partial charge in [-0.1, -0.05) is 12.1 Å². The van der Waals surface area contributed by atoms with Gasteiger partial charge in [0, 0.05) is 25.7 Å². The Kier molecular flexibility index (Phi) is 6.84. The second-order valence-corrected chi connectivity index (χ2v) is 8.60. The predicted octanol–water partition coefficient (Wildman–Crippen LogP) is 1.55. The average molecular weight is 368 g/mol. The first-order valence-corrected chi connectivity index (χ1v) is 10.6. The molecule has 0 aliphatic carbocycles. The van der Waals surface area contributed by atoms with E-state index in [9.17, 15) is 13.2 Å². The van der Waals surface area contributed by atoms with Crippen molar-refractivity contribution in [2.45, 2.75) is 32.9 Å². The SMILES string of the molecule is CCN(CC)C(=O)CN(Cc1ccc(OC)cc1)C1CCS(=O)(=O)C1. The highest BCUT2D eigenvalue weighted by molar-refractivity contribution is 7.91. The van der Waals surface area contributed by atoms with Crippen LogP contribution in [0.4, 0.5) is 0 Å². The van der Waals surface area contributed by atoms with Crippen molar-refractivity contribution in [1.29, 1.82) is 0 Å². The number of methoxy groups -OCH3 is 1. The molecule has 1 amide bonds. The van der Waals surface area contributed by atoms with Crippen molar-refractivity contribution in [2.24, 2.45) is 0 Å². The molecule has 0 bridgehead atoms. The van der Waals surface area contributed by atoms with Crippen molar-refractivity contribution >= 4 is 15.7 Å². The summed E-state index contributed by atoms with van der Waals surface area (Å²) in [5, 5.41) is 0. The standard InChI is InChI=1S/C18H28N2O4S/c1-4-19(5-2)18(21)13-20(16-10-11-25(22,23)14-16)12-15-6-8-17(24-3)9-7-15/h6-9,16H,4-5,10-14H2,1-3H3. The van der Waals surface area contributed by atoms with Gasteiger partial charge in [0.1, 0.15) is 5.75 Å². The normalized spacial score (nSPS) is 19.1. The van der Waals surface area contributed by atoms with Gasteiger partial charge in [-0.05, 0) is 38.0 Å². The topological polar surface area (TPSA) is 66.9 Å². The number of sulfone groups is 1. The maximum Gasteiger partial charge on any atom is 0.236 e. The molecule has 140 valence electrons. The Morgan fingerprint density at radius 1 is 1.20 bits per heavy atom. The van der Waals surface area contributed by atoms with Gasteiger partial charge in [-0.2, -0.15) is 0 Å². The molecule has 1 heterocycles. The number of benzene rings is 1. The molecule has 1 atom stereocenters. The van der Waals surface area contributed by atoms with E-state index in [1.165, 1.54) is 0 Å². The Labute approximate surface area is 150 Å². The summed E-state index contributed by atoms with van der Waals surface area (Å²) in [5.74, 6) is 1.16. The van der Waals surface area contributed by atoms with Gasteiger partial charge in [-0.25, -0.2) is 8.42 Å². The lowest BCUT2D eigenvalue weighted by molar-refractivity contribution is -0.132. The van der Waals surface area contributed by atoms with E-state index in [2.05, 4.69) is 0 Å². The number of hydrogen-bond donors (Lipinski definition) is 0. The maximum absolute atomic E-state index is 12.5. The van der Waals surface area contributed by atoms with E-state index in [4.69, 9.17) is 4.74 Å². The minimum absolute atomic E-state index is 0.0443. The number of ether oxygens (including phenoxy) is 1. The predicted molar refractivity (Wildman–Crippen MR) is 98.4 cm³/mol. The Bertz CT molecular complexity index is 669. The molecule has 0 spiro atoms. The molecule has 7 heteroatoms. The molecule has 25 heavy (non-hydrogen) atoms. The van der Waals surface area contributed by atoms with Crippen LogP contribution < -0.4 is 4.74 Å². The fraction of sp³-hybridized carbons (Fsp3) is 0.611. The zero-order chi connectivity index (χ0) is 18.4. The van der Waals surface area contributed by atoms with Crippen LogP contribution in [0.2, 0.25) is 0 Å². The molecule has 1 aromatic rings. The molecular formula is C18H28N2O4S. The lowest BCUT2D eigenvalue weighted by atomic mass is 10.1. The highest BCUT2D eigenvalue weighted by atomic mass is 32.2. The van der Waals surface area contributed by atoms with E-state index < -0.39 is 9.84 Å². The quantitative estimate of drug-likeness (QED) is 0.696. The Morgan fingerprint density at radius 3 is 2.32 bits per heavy atom. The van der Waals surface area contributed by atoms with Crippen LogP contribution in [0.5, 0.6) is 5.75 Å². The lowest BCUT2D eigenvalue weighted by Crippen LogP contribution is -2.44. The van der Waals surface area contributed by atoms with Crippen LogP contribution in [-0.4, -0.2) is 68.4 Å². The molecule has 0 aromatic heterocycles. The van der Waals surface area contributed by atoms with Gasteiger partial charge in [0.15, 0.2) is 9.84 Å². The number of hydrogen-bond acceptors (Lipinski definition) is 5. The van der Waals surface area contributed by atoms with E-state index in [-0.39, 0.29) is 30.0 Å². The van der Waals surface area contributed by atoms with Gasteiger partial charge < -0.3 is 9.64 Å². The fourth-order valence-corrected chi connectivity index (χ4v) is 4.95. The van der Waals surface area contributed by atoms with Crippen LogP contribution >= 0.6 is 0 Å². The zero-order valence-corrected chi connectivity index (χ0v) is 16.1. The summed E-state index contributed by atoms with van der Waals surface area (Å²) in [4.78, 5) is 16.3. The molecule has 1 aliphatic heterocycles. The fourth-order valence-electron chi connectivity index (χ4n) is 3.19. The van der Waals surface area contributed by atoms with Crippen LogP contribution in [0.1, 0.15) is 25.8 Å². The van der Waals surface area contributed by atoms with Crippen LogP contribution in [0.3, 0.4) is 0 Å². The highest BCUT2D eigenvalue weighted by Crippen LogP contribution is 2.21. The average Bonchev–Trinajstić information content (AvgIpc) is 2.96. The van der Waals surface area contributed by atoms with E-state index in [0.717, 1.165) is 11.3 Å². The van der Waals surface area contributed by atoms with Crippen LogP contribution in [0.25, 0.3) is 0 Å². The molecule has 2 rings (SSSR count). The monoisotopic (exact) mass is 368 g/mol. The van der Waals surface area contributed by atoms with Gasteiger partial charge >= 0.3 is 0 Å². The molecular weight excluding hydrogens is 340 g/mol. The number of carbonyl (C=O) groups is 1.